The van der Waals surface area contributed by atoms with E-state index >= 15 is 0 Å². The standard InChI is InChI=1S/C24H33F3N2O4/c1-23(2,3)33-22(30)29-16-5-6-17(29)13-20(12-16)31-18-7-9-19(10-8-18)32-21-11-4-15(14-28-21)24(25,26)27/h4,11,14,16-20H,5-10,12-13H2,1-3H3. The summed E-state index contributed by atoms with van der Waals surface area (Å²) in [5, 5.41) is 0. The van der Waals surface area contributed by atoms with Crippen molar-refractivity contribution in [2.75, 3.05) is 0 Å². The van der Waals surface area contributed by atoms with Crippen LogP contribution in [0.5, 0.6) is 5.88 Å². The van der Waals surface area contributed by atoms with Gasteiger partial charge in [-0.1, -0.05) is 0 Å². The summed E-state index contributed by atoms with van der Waals surface area (Å²) in [7, 11) is 0. The van der Waals surface area contributed by atoms with Gasteiger partial charge in [0.25, 0.3) is 0 Å². The highest BCUT2D eigenvalue weighted by atomic mass is 19.4. The molecule has 2 atom stereocenters. The van der Waals surface area contributed by atoms with Gasteiger partial charge in [-0.2, -0.15) is 13.2 Å². The van der Waals surface area contributed by atoms with Crippen LogP contribution in [0.25, 0.3) is 0 Å². The number of carbonyl (C=O) groups is 1. The van der Waals surface area contributed by atoms with Gasteiger partial charge in [-0.05, 0) is 78.2 Å². The Morgan fingerprint density at radius 2 is 1.55 bits per heavy atom. The first-order chi connectivity index (χ1) is 15.5. The molecule has 184 valence electrons. The number of hydrogen-bond acceptors (Lipinski definition) is 5. The molecule has 0 spiro atoms. The number of ether oxygens (including phenoxy) is 3. The quantitative estimate of drug-likeness (QED) is 0.562. The summed E-state index contributed by atoms with van der Waals surface area (Å²) in [4.78, 5) is 18.3. The fraction of sp³-hybridized carbons (Fsp3) is 0.750. The van der Waals surface area contributed by atoms with Crippen molar-refractivity contribution in [1.82, 2.24) is 9.88 Å². The predicted octanol–water partition coefficient (Wildman–Crippen LogP) is 5.74. The maximum absolute atomic E-state index is 12.7. The first-order valence-electron chi connectivity index (χ1n) is 11.8. The van der Waals surface area contributed by atoms with Crippen LogP contribution < -0.4 is 4.74 Å². The minimum absolute atomic E-state index is 0.0701. The number of aromatic nitrogens is 1. The van der Waals surface area contributed by atoms with Crippen LogP contribution >= 0.6 is 0 Å². The molecule has 2 aliphatic heterocycles. The highest BCUT2D eigenvalue weighted by molar-refractivity contribution is 5.69. The second-order valence-electron chi connectivity index (χ2n) is 10.4. The number of rotatable bonds is 4. The smallest absolute Gasteiger partial charge is 0.417 e. The third-order valence-electron chi connectivity index (χ3n) is 6.65. The van der Waals surface area contributed by atoms with Gasteiger partial charge in [0, 0.05) is 24.3 Å². The first-order valence-corrected chi connectivity index (χ1v) is 11.8. The Bertz CT molecular complexity index is 802. The fourth-order valence-corrected chi connectivity index (χ4v) is 5.20. The van der Waals surface area contributed by atoms with Crippen LogP contribution in [0.1, 0.15) is 77.7 Å². The Balaban J connectivity index is 1.22. The second kappa shape index (κ2) is 9.31. The van der Waals surface area contributed by atoms with Crippen molar-refractivity contribution in [2.45, 2.75) is 114 Å². The molecule has 2 bridgehead atoms. The van der Waals surface area contributed by atoms with Gasteiger partial charge in [-0.25, -0.2) is 9.78 Å². The number of fused-ring (bicyclic) bond motifs is 2. The molecule has 1 aliphatic carbocycles. The Hall–Kier alpha value is -2.03. The van der Waals surface area contributed by atoms with Crippen LogP contribution in [0.3, 0.4) is 0 Å². The maximum Gasteiger partial charge on any atom is 0.417 e. The number of halogens is 3. The Labute approximate surface area is 192 Å². The normalized spacial score (nSPS) is 30.2. The average molecular weight is 471 g/mol. The molecule has 3 fully saturated rings. The molecular weight excluding hydrogens is 437 g/mol. The molecule has 2 unspecified atom stereocenters. The van der Waals surface area contributed by atoms with Crippen LogP contribution in [0.4, 0.5) is 18.0 Å². The summed E-state index contributed by atoms with van der Waals surface area (Å²) < 4.78 is 55.8. The van der Waals surface area contributed by atoms with Gasteiger partial charge in [0.05, 0.1) is 17.8 Å². The van der Waals surface area contributed by atoms with Gasteiger partial charge in [-0.3, -0.25) is 0 Å². The third kappa shape index (κ3) is 6.11. The van der Waals surface area contributed by atoms with Crippen molar-refractivity contribution in [2.24, 2.45) is 0 Å². The monoisotopic (exact) mass is 470 g/mol. The topological polar surface area (TPSA) is 60.9 Å². The molecule has 1 aromatic heterocycles. The molecule has 2 saturated heterocycles. The lowest BCUT2D eigenvalue weighted by atomic mass is 9.93. The van der Waals surface area contributed by atoms with Crippen molar-refractivity contribution < 1.29 is 32.2 Å². The lowest BCUT2D eigenvalue weighted by Crippen LogP contribution is -2.50. The van der Waals surface area contributed by atoms with Crippen LogP contribution in [-0.4, -0.2) is 52.0 Å². The SMILES string of the molecule is CC(C)(C)OC(=O)N1C2CCC1CC(OC1CCC(Oc3ccc(C(F)(F)F)cn3)CC1)C2. The largest absolute Gasteiger partial charge is 0.474 e. The number of nitrogens with zero attached hydrogens (tertiary/aromatic N) is 2. The Morgan fingerprint density at radius 1 is 0.939 bits per heavy atom. The van der Waals surface area contributed by atoms with Gasteiger partial charge in [0.1, 0.15) is 11.7 Å². The molecule has 33 heavy (non-hydrogen) atoms. The van der Waals surface area contributed by atoms with Gasteiger partial charge >= 0.3 is 12.3 Å². The Kier molecular flexibility index (Phi) is 6.80. The van der Waals surface area contributed by atoms with E-state index in [4.69, 9.17) is 14.2 Å². The summed E-state index contributed by atoms with van der Waals surface area (Å²) in [6.45, 7) is 5.66. The zero-order valence-electron chi connectivity index (χ0n) is 19.4. The van der Waals surface area contributed by atoms with Crippen molar-refractivity contribution >= 4 is 6.09 Å². The molecule has 0 N–H and O–H groups in total. The van der Waals surface area contributed by atoms with Gasteiger partial charge < -0.3 is 19.1 Å². The zero-order valence-corrected chi connectivity index (χ0v) is 19.4. The molecule has 1 amide bonds. The Morgan fingerprint density at radius 3 is 2.06 bits per heavy atom. The lowest BCUT2D eigenvalue weighted by molar-refractivity contribution is -0.137. The highest BCUT2D eigenvalue weighted by Crippen LogP contribution is 2.39. The minimum Gasteiger partial charge on any atom is -0.474 e. The van der Waals surface area contributed by atoms with E-state index in [-0.39, 0.29) is 42.4 Å². The van der Waals surface area contributed by atoms with Crippen molar-refractivity contribution in [1.29, 1.82) is 0 Å². The van der Waals surface area contributed by atoms with Crippen LogP contribution in [0.15, 0.2) is 18.3 Å². The number of alkyl halides is 3. The van der Waals surface area contributed by atoms with E-state index in [0.717, 1.165) is 63.6 Å². The maximum atomic E-state index is 12.7. The average Bonchev–Trinajstić information content (AvgIpc) is 2.99. The molecule has 1 saturated carbocycles. The summed E-state index contributed by atoms with van der Waals surface area (Å²) >= 11 is 0. The number of amides is 1. The number of carbonyl (C=O) groups excluding carboxylic acids is 1. The fourth-order valence-electron chi connectivity index (χ4n) is 5.20. The molecule has 6 nitrogen and oxygen atoms in total. The van der Waals surface area contributed by atoms with E-state index in [1.807, 2.05) is 25.7 Å². The number of hydrogen-bond donors (Lipinski definition) is 0. The van der Waals surface area contributed by atoms with E-state index < -0.39 is 17.3 Å². The number of piperidine rings is 1. The highest BCUT2D eigenvalue weighted by Gasteiger charge is 2.45. The summed E-state index contributed by atoms with van der Waals surface area (Å²) in [6, 6.07) is 2.62. The molecule has 1 aromatic rings. The second-order valence-corrected chi connectivity index (χ2v) is 10.4. The molecular formula is C24H33F3N2O4. The zero-order chi connectivity index (χ0) is 23.8. The van der Waals surface area contributed by atoms with Gasteiger partial charge in [0.2, 0.25) is 5.88 Å². The van der Waals surface area contributed by atoms with E-state index in [9.17, 15) is 18.0 Å². The van der Waals surface area contributed by atoms with E-state index in [0.29, 0.717) is 0 Å². The van der Waals surface area contributed by atoms with Gasteiger partial charge in [-0.15, -0.1) is 0 Å². The van der Waals surface area contributed by atoms with Crippen molar-refractivity contribution in [3.05, 3.63) is 23.9 Å². The molecule has 4 rings (SSSR count). The molecule has 3 aliphatic rings. The summed E-state index contributed by atoms with van der Waals surface area (Å²) in [5.74, 6) is 0.221. The third-order valence-corrected chi connectivity index (χ3v) is 6.65. The van der Waals surface area contributed by atoms with Crippen LogP contribution in [-0.2, 0) is 15.7 Å². The first kappa shape index (κ1) is 24.1. The van der Waals surface area contributed by atoms with Crippen molar-refractivity contribution in [3.63, 3.8) is 0 Å². The molecule has 0 aromatic carbocycles. The predicted molar refractivity (Wildman–Crippen MR) is 115 cm³/mol. The lowest BCUT2D eigenvalue weighted by Gasteiger charge is -2.41. The van der Waals surface area contributed by atoms with Gasteiger partial charge in [0.15, 0.2) is 0 Å². The van der Waals surface area contributed by atoms with Crippen LogP contribution in [0, 0.1) is 0 Å². The molecule has 9 heteroatoms. The molecule has 0 radical (unpaired) electrons. The number of pyridine rings is 1. The van der Waals surface area contributed by atoms with Crippen LogP contribution in [0.2, 0.25) is 0 Å². The van der Waals surface area contributed by atoms with E-state index in [2.05, 4.69) is 4.98 Å². The van der Waals surface area contributed by atoms with E-state index in [1.54, 1.807) is 0 Å². The minimum atomic E-state index is -4.40. The summed E-state index contributed by atoms with van der Waals surface area (Å²) in [5.41, 5.74) is -1.28. The molecule has 3 heterocycles. The summed E-state index contributed by atoms with van der Waals surface area (Å²) in [6.07, 6.45) is 3.28. The van der Waals surface area contributed by atoms with Crippen molar-refractivity contribution in [3.8, 4) is 5.88 Å². The van der Waals surface area contributed by atoms with E-state index in [1.165, 1.54) is 6.07 Å².